The lowest BCUT2D eigenvalue weighted by Crippen LogP contribution is -2.40. The summed E-state index contributed by atoms with van der Waals surface area (Å²) in [5.74, 6) is -1.39. The molecule has 0 unspecified atom stereocenters. The molecule has 0 aliphatic heterocycles. The summed E-state index contributed by atoms with van der Waals surface area (Å²) in [5, 5.41) is 20.9. The van der Waals surface area contributed by atoms with Gasteiger partial charge >= 0.3 is 13.2 Å². The first-order chi connectivity index (χ1) is 35.7. The fourth-order valence-electron chi connectivity index (χ4n) is 7.68. The molecule has 0 saturated heterocycles. The van der Waals surface area contributed by atoms with E-state index in [9.17, 15) is 36.7 Å². The number of aromatic nitrogens is 10. The minimum Gasteiger partial charge on any atom is -0.435 e. The molecule has 0 spiro atoms. The largest absolute Gasteiger partial charge is 0.435 e. The monoisotopic (exact) mass is 1070 g/mol. The van der Waals surface area contributed by atoms with Gasteiger partial charge in [-0.15, -0.1) is 0 Å². The van der Waals surface area contributed by atoms with Crippen LogP contribution in [-0.4, -0.2) is 126 Å². The number of fused-ring (bicyclic) bond motifs is 4. The summed E-state index contributed by atoms with van der Waals surface area (Å²) in [6.07, 6.45) is 6.14. The maximum atomic E-state index is 13.3. The molecule has 21 nitrogen and oxygen atoms in total. The van der Waals surface area contributed by atoms with E-state index in [2.05, 4.69) is 80.5 Å². The molecule has 6 heterocycles. The Morgan fingerprint density at radius 2 is 1.18 bits per heavy atom. The SMILES string of the molecule is CNC(=O)Cn1nc(-c2cnc3[nH]cc(C(=O)NC(C)(C)C)c3n2)c2cc(OC(F)F)ccc21.CNC(=O)Cn1nc(-c2cnc3c(n2)c(C(=O)NC(C)(C)C)cn3COCC[Si](C)(C)C)c2cc(OC(F)F)ccc21. The van der Waals surface area contributed by atoms with Crippen LogP contribution in [0, 0.1) is 0 Å². The number of H-pyrrole nitrogens is 1. The number of alkyl halides is 4. The van der Waals surface area contributed by atoms with E-state index in [4.69, 9.17) is 9.72 Å². The van der Waals surface area contributed by atoms with E-state index >= 15 is 0 Å². The van der Waals surface area contributed by atoms with Crippen molar-refractivity contribution in [1.82, 2.24) is 70.3 Å². The summed E-state index contributed by atoms with van der Waals surface area (Å²) in [7, 11) is 1.71. The first kappa shape index (κ1) is 55.7. The third kappa shape index (κ3) is 13.6. The molecular formula is C50H60F4N14O7Si. The number of ether oxygens (including phenoxy) is 3. The zero-order valence-electron chi connectivity index (χ0n) is 43.9. The number of carbonyl (C=O) groups excluding carboxylic acids is 4. The van der Waals surface area contributed by atoms with Gasteiger partial charge in [-0.2, -0.15) is 27.8 Å². The topological polar surface area (TPSA) is 252 Å². The summed E-state index contributed by atoms with van der Waals surface area (Å²) in [5.41, 5.74) is 3.37. The van der Waals surface area contributed by atoms with E-state index < -0.39 is 32.4 Å². The third-order valence-electron chi connectivity index (χ3n) is 11.2. The predicted molar refractivity (Wildman–Crippen MR) is 279 cm³/mol. The van der Waals surface area contributed by atoms with Crippen LogP contribution in [0.5, 0.6) is 11.5 Å². The van der Waals surface area contributed by atoms with Gasteiger partial charge in [0.1, 0.15) is 65.1 Å². The second-order valence-electron chi connectivity index (χ2n) is 20.8. The predicted octanol–water partition coefficient (Wildman–Crippen LogP) is 7.49. The first-order valence-electron chi connectivity index (χ1n) is 24.0. The van der Waals surface area contributed by atoms with Crippen molar-refractivity contribution in [2.24, 2.45) is 0 Å². The van der Waals surface area contributed by atoms with Crippen LogP contribution in [0.2, 0.25) is 25.7 Å². The number of hydrogen-bond acceptors (Lipinski definition) is 13. The van der Waals surface area contributed by atoms with Crippen LogP contribution in [0.25, 0.3) is 66.9 Å². The Bertz CT molecular complexity index is 3440. The summed E-state index contributed by atoms with van der Waals surface area (Å²) < 4.78 is 71.2. The highest BCUT2D eigenvalue weighted by Crippen LogP contribution is 2.34. The first-order valence-corrected chi connectivity index (χ1v) is 27.7. The molecule has 8 rings (SSSR count). The van der Waals surface area contributed by atoms with Crippen molar-refractivity contribution < 1.29 is 51.0 Å². The standard InChI is InChI=1S/C28H37F2N7O4Si.C22H23F2N7O3/c1-28(2,3)34-26(39)19-14-36(16-40-10-11-42(5,6)7)25-24(19)33-20(13-32-25)23-18-12-17(41-27(29)30)8-9-21(18)37(35-23)15-22(38)31-4;1-22(2,3)29-20(33)13-8-26-19-18(13)28-14(9-27-19)17-12-7-11(34-21(23)24)5-6-15(12)31(30-17)10-16(32)25-4/h8-9,12-14,27H,10-11,15-16H2,1-7H3,(H,31,38)(H,34,39);5-9,21H,10H2,1-4H3,(H,25,32)(H,26,27)(H,29,33). The smallest absolute Gasteiger partial charge is 0.387 e. The Labute approximate surface area is 434 Å². The number of nitrogens with one attached hydrogen (secondary N) is 5. The number of likely N-dealkylation sites (N-methyl/N-ethyl adjacent to an activating group) is 2. The van der Waals surface area contributed by atoms with Gasteiger partial charge in [0.25, 0.3) is 11.8 Å². The normalized spacial score (nSPS) is 12.1. The van der Waals surface area contributed by atoms with Crippen LogP contribution < -0.4 is 30.7 Å². The molecule has 0 aliphatic carbocycles. The van der Waals surface area contributed by atoms with Crippen molar-refractivity contribution in [3.05, 3.63) is 72.3 Å². The Balaban J connectivity index is 0.000000226. The van der Waals surface area contributed by atoms with Crippen molar-refractivity contribution in [3.8, 4) is 34.3 Å². The molecule has 5 N–H and O–H groups in total. The summed E-state index contributed by atoms with van der Waals surface area (Å²) in [6, 6.07) is 9.65. The molecule has 6 aromatic heterocycles. The van der Waals surface area contributed by atoms with Crippen molar-refractivity contribution >= 4 is 75.8 Å². The highest BCUT2D eigenvalue weighted by molar-refractivity contribution is 6.76. The van der Waals surface area contributed by atoms with Gasteiger partial charge in [0, 0.05) is 63.0 Å². The van der Waals surface area contributed by atoms with Gasteiger partial charge in [-0.1, -0.05) is 19.6 Å². The third-order valence-corrected chi connectivity index (χ3v) is 12.9. The van der Waals surface area contributed by atoms with Gasteiger partial charge in [0.05, 0.1) is 34.6 Å². The molecule has 2 aromatic carbocycles. The molecule has 404 valence electrons. The molecule has 0 aliphatic rings. The molecule has 26 heteroatoms. The molecule has 0 radical (unpaired) electrons. The highest BCUT2D eigenvalue weighted by Gasteiger charge is 2.26. The molecule has 4 amide bonds. The number of nitrogens with zero attached hydrogens (tertiary/aromatic N) is 9. The number of amides is 4. The van der Waals surface area contributed by atoms with Crippen molar-refractivity contribution in [2.45, 2.75) is 111 Å². The number of rotatable bonds is 17. The average Bonchev–Trinajstić information content (AvgIpc) is 4.10. The summed E-state index contributed by atoms with van der Waals surface area (Å²) >= 11 is 0. The minimum absolute atomic E-state index is 0.0656. The number of carbonyl (C=O) groups is 4. The van der Waals surface area contributed by atoms with Gasteiger partial charge in [-0.05, 0) is 84.0 Å². The van der Waals surface area contributed by atoms with Crippen LogP contribution in [0.15, 0.2) is 61.2 Å². The van der Waals surface area contributed by atoms with Crippen LogP contribution >= 0.6 is 0 Å². The molecular weight excluding hydrogens is 1010 g/mol. The lowest BCUT2D eigenvalue weighted by atomic mass is 10.1. The van der Waals surface area contributed by atoms with Crippen molar-refractivity contribution in [3.63, 3.8) is 0 Å². The van der Waals surface area contributed by atoms with E-state index in [0.717, 1.165) is 6.04 Å². The Morgan fingerprint density at radius 1 is 0.697 bits per heavy atom. The molecule has 76 heavy (non-hydrogen) atoms. The highest BCUT2D eigenvalue weighted by atomic mass is 28.3. The molecule has 0 saturated carbocycles. The number of aromatic amines is 1. The number of benzene rings is 2. The zero-order valence-corrected chi connectivity index (χ0v) is 44.9. The van der Waals surface area contributed by atoms with Crippen molar-refractivity contribution in [1.29, 1.82) is 0 Å². The molecule has 0 atom stereocenters. The zero-order chi connectivity index (χ0) is 55.4. The summed E-state index contributed by atoms with van der Waals surface area (Å²) in [4.78, 5) is 71.5. The fraction of sp³-hybridized carbons (Fsp3) is 0.400. The van der Waals surface area contributed by atoms with E-state index in [0.29, 0.717) is 84.6 Å². The van der Waals surface area contributed by atoms with Gasteiger partial charge in [0.2, 0.25) is 11.8 Å². The molecule has 8 aromatic rings. The van der Waals surface area contributed by atoms with Crippen LogP contribution in [0.4, 0.5) is 17.6 Å². The van der Waals surface area contributed by atoms with Crippen LogP contribution in [0.3, 0.4) is 0 Å². The van der Waals surface area contributed by atoms with E-state index in [1.54, 1.807) is 16.8 Å². The Morgan fingerprint density at radius 3 is 1.66 bits per heavy atom. The second kappa shape index (κ2) is 22.5. The van der Waals surface area contributed by atoms with Crippen LogP contribution in [-0.2, 0) is 34.1 Å². The quantitative estimate of drug-likeness (QED) is 0.0337. The van der Waals surface area contributed by atoms with E-state index in [-0.39, 0.29) is 54.9 Å². The Hall–Kier alpha value is -8.00. The van der Waals surface area contributed by atoms with Crippen molar-refractivity contribution in [2.75, 3.05) is 20.7 Å². The lowest BCUT2D eigenvalue weighted by Gasteiger charge is -2.20. The fourth-order valence-corrected chi connectivity index (χ4v) is 8.44. The van der Waals surface area contributed by atoms with E-state index in [1.165, 1.54) is 72.4 Å². The maximum absolute atomic E-state index is 13.3. The lowest BCUT2D eigenvalue weighted by molar-refractivity contribution is -0.122. The van der Waals surface area contributed by atoms with Crippen LogP contribution in [0.1, 0.15) is 62.3 Å². The van der Waals surface area contributed by atoms with E-state index in [1.807, 2.05) is 41.5 Å². The average molecular weight is 1070 g/mol. The van der Waals surface area contributed by atoms with Gasteiger partial charge in [-0.25, -0.2) is 19.9 Å². The van der Waals surface area contributed by atoms with Gasteiger partial charge in [-0.3, -0.25) is 28.5 Å². The number of halogens is 4. The minimum atomic E-state index is -3.01. The molecule has 0 fully saturated rings. The molecule has 0 bridgehead atoms. The van der Waals surface area contributed by atoms with Gasteiger partial charge < -0.3 is 45.0 Å². The Kier molecular flexibility index (Phi) is 16.5. The second-order valence-corrected chi connectivity index (χ2v) is 26.4. The summed E-state index contributed by atoms with van der Waals surface area (Å²) in [6.45, 7) is 12.6. The number of hydrogen-bond donors (Lipinski definition) is 5. The maximum Gasteiger partial charge on any atom is 0.387 e. The van der Waals surface area contributed by atoms with Gasteiger partial charge in [0.15, 0.2) is 11.3 Å².